The normalized spacial score (nSPS) is 10.4. The summed E-state index contributed by atoms with van der Waals surface area (Å²) in [5, 5.41) is 10.3. The molecule has 0 aliphatic carbocycles. The predicted octanol–water partition coefficient (Wildman–Crippen LogP) is 3.81. The summed E-state index contributed by atoms with van der Waals surface area (Å²) in [6.07, 6.45) is 0. The number of urea groups is 1. The van der Waals surface area contributed by atoms with Crippen LogP contribution < -0.4 is 10.6 Å². The van der Waals surface area contributed by atoms with Gasteiger partial charge in [-0.15, -0.1) is 0 Å². The van der Waals surface area contributed by atoms with Crippen LogP contribution in [0.4, 0.5) is 10.5 Å². The fraction of sp³-hybridized carbons (Fsp3) is 0.158. The highest BCUT2D eigenvalue weighted by Gasteiger charge is 2.14. The second kappa shape index (κ2) is 7.00. The van der Waals surface area contributed by atoms with E-state index in [1.807, 2.05) is 79.2 Å². The third-order valence-corrected chi connectivity index (χ3v) is 3.83. The number of anilines is 1. The highest BCUT2D eigenvalue weighted by Crippen LogP contribution is 2.22. The number of hydrogen-bond donors (Lipinski definition) is 2. The SMILES string of the molecule is Cc1nn(-c2ccccc2)c(C)c1NC(=O)NCc1ccccc1. The minimum atomic E-state index is -0.238. The second-order valence-corrected chi connectivity index (χ2v) is 5.59. The third kappa shape index (κ3) is 3.46. The molecule has 3 aromatic rings. The summed E-state index contributed by atoms with van der Waals surface area (Å²) in [7, 11) is 0. The molecule has 0 fully saturated rings. The van der Waals surface area contributed by atoms with Crippen LogP contribution in [0.5, 0.6) is 0 Å². The molecule has 2 amide bonds. The van der Waals surface area contributed by atoms with E-state index in [1.165, 1.54) is 0 Å². The van der Waals surface area contributed by atoms with Gasteiger partial charge in [0.1, 0.15) is 0 Å². The van der Waals surface area contributed by atoms with Gasteiger partial charge in [-0.2, -0.15) is 5.10 Å². The van der Waals surface area contributed by atoms with Crippen LogP contribution in [0.3, 0.4) is 0 Å². The van der Waals surface area contributed by atoms with Gasteiger partial charge in [0.2, 0.25) is 0 Å². The standard InChI is InChI=1S/C19H20N4O/c1-14-18(15(2)23(22-14)17-11-7-4-8-12-17)21-19(24)20-13-16-9-5-3-6-10-16/h3-12H,13H2,1-2H3,(H2,20,21,24). The maximum atomic E-state index is 12.2. The Bertz CT molecular complexity index is 825. The van der Waals surface area contributed by atoms with Gasteiger partial charge in [-0.3, -0.25) is 0 Å². The van der Waals surface area contributed by atoms with Crippen molar-refractivity contribution in [1.82, 2.24) is 15.1 Å². The Hall–Kier alpha value is -3.08. The molecule has 3 rings (SSSR count). The van der Waals surface area contributed by atoms with Gasteiger partial charge in [-0.25, -0.2) is 9.48 Å². The number of aryl methyl sites for hydroxylation is 1. The van der Waals surface area contributed by atoms with Crippen molar-refractivity contribution in [2.24, 2.45) is 0 Å². The van der Waals surface area contributed by atoms with E-state index in [9.17, 15) is 4.79 Å². The van der Waals surface area contributed by atoms with Crippen molar-refractivity contribution in [1.29, 1.82) is 0 Å². The smallest absolute Gasteiger partial charge is 0.319 e. The molecular formula is C19H20N4O. The molecule has 0 saturated heterocycles. The maximum absolute atomic E-state index is 12.2. The Morgan fingerprint density at radius 1 is 1.00 bits per heavy atom. The van der Waals surface area contributed by atoms with Crippen molar-refractivity contribution in [2.45, 2.75) is 20.4 Å². The van der Waals surface area contributed by atoms with Crippen LogP contribution in [0.25, 0.3) is 5.69 Å². The number of nitrogens with zero attached hydrogens (tertiary/aromatic N) is 2. The molecule has 0 atom stereocenters. The van der Waals surface area contributed by atoms with E-state index in [-0.39, 0.29) is 6.03 Å². The average Bonchev–Trinajstić information content (AvgIpc) is 2.90. The zero-order chi connectivity index (χ0) is 16.9. The first-order chi connectivity index (χ1) is 11.6. The molecule has 1 heterocycles. The van der Waals surface area contributed by atoms with Crippen molar-refractivity contribution >= 4 is 11.7 Å². The zero-order valence-corrected chi connectivity index (χ0v) is 13.8. The minimum absolute atomic E-state index is 0.238. The van der Waals surface area contributed by atoms with Crippen LogP contribution in [0.15, 0.2) is 60.7 Å². The van der Waals surface area contributed by atoms with Gasteiger partial charge in [0.15, 0.2) is 0 Å². The van der Waals surface area contributed by atoms with Gasteiger partial charge < -0.3 is 10.6 Å². The Morgan fingerprint density at radius 2 is 1.62 bits per heavy atom. The van der Waals surface area contributed by atoms with Crippen LogP contribution in [-0.2, 0) is 6.54 Å². The fourth-order valence-corrected chi connectivity index (χ4v) is 2.58. The van der Waals surface area contributed by atoms with Gasteiger partial charge in [0, 0.05) is 6.54 Å². The van der Waals surface area contributed by atoms with E-state index in [1.54, 1.807) is 0 Å². The first-order valence-electron chi connectivity index (χ1n) is 7.85. The average molecular weight is 320 g/mol. The fourth-order valence-electron chi connectivity index (χ4n) is 2.58. The zero-order valence-electron chi connectivity index (χ0n) is 13.8. The number of carbonyl (C=O) groups excluding carboxylic acids is 1. The lowest BCUT2D eigenvalue weighted by molar-refractivity contribution is 0.251. The monoisotopic (exact) mass is 320 g/mol. The number of para-hydroxylation sites is 1. The largest absolute Gasteiger partial charge is 0.334 e. The number of rotatable bonds is 4. The highest BCUT2D eigenvalue weighted by atomic mass is 16.2. The second-order valence-electron chi connectivity index (χ2n) is 5.59. The molecule has 5 heteroatoms. The third-order valence-electron chi connectivity index (χ3n) is 3.83. The van der Waals surface area contributed by atoms with E-state index in [2.05, 4.69) is 15.7 Å². The van der Waals surface area contributed by atoms with Crippen LogP contribution in [-0.4, -0.2) is 15.8 Å². The summed E-state index contributed by atoms with van der Waals surface area (Å²) in [5.74, 6) is 0. The van der Waals surface area contributed by atoms with Crippen molar-refractivity contribution in [3.05, 3.63) is 77.6 Å². The van der Waals surface area contributed by atoms with Crippen molar-refractivity contribution in [3.8, 4) is 5.69 Å². The van der Waals surface area contributed by atoms with E-state index >= 15 is 0 Å². The molecular weight excluding hydrogens is 300 g/mol. The molecule has 0 aliphatic heterocycles. The van der Waals surface area contributed by atoms with Gasteiger partial charge in [0.25, 0.3) is 0 Å². The number of benzene rings is 2. The van der Waals surface area contributed by atoms with Crippen molar-refractivity contribution in [2.75, 3.05) is 5.32 Å². The van der Waals surface area contributed by atoms with E-state index in [0.717, 1.165) is 28.3 Å². The molecule has 0 spiro atoms. The lowest BCUT2D eigenvalue weighted by Gasteiger charge is -2.09. The summed E-state index contributed by atoms with van der Waals surface area (Å²) in [4.78, 5) is 12.2. The molecule has 0 bridgehead atoms. The maximum Gasteiger partial charge on any atom is 0.319 e. The van der Waals surface area contributed by atoms with Gasteiger partial charge in [-0.1, -0.05) is 48.5 Å². The quantitative estimate of drug-likeness (QED) is 0.768. The van der Waals surface area contributed by atoms with Gasteiger partial charge in [-0.05, 0) is 31.5 Å². The van der Waals surface area contributed by atoms with Gasteiger partial charge >= 0.3 is 6.03 Å². The first-order valence-corrected chi connectivity index (χ1v) is 7.85. The van der Waals surface area contributed by atoms with Crippen molar-refractivity contribution < 1.29 is 4.79 Å². The van der Waals surface area contributed by atoms with Crippen LogP contribution >= 0.6 is 0 Å². The molecule has 1 aromatic heterocycles. The highest BCUT2D eigenvalue weighted by molar-refractivity contribution is 5.90. The van der Waals surface area contributed by atoms with Crippen LogP contribution in [0, 0.1) is 13.8 Å². The Labute approximate surface area is 141 Å². The van der Waals surface area contributed by atoms with Gasteiger partial charge in [0.05, 0.1) is 22.8 Å². The summed E-state index contributed by atoms with van der Waals surface area (Å²) in [5.41, 5.74) is 4.45. The number of hydrogen-bond acceptors (Lipinski definition) is 2. The molecule has 2 aromatic carbocycles. The summed E-state index contributed by atoms with van der Waals surface area (Å²) in [6.45, 7) is 4.32. The van der Waals surface area contributed by atoms with E-state index in [0.29, 0.717) is 6.54 Å². The number of aromatic nitrogens is 2. The topological polar surface area (TPSA) is 59.0 Å². The number of nitrogens with one attached hydrogen (secondary N) is 2. The molecule has 0 aliphatic rings. The molecule has 2 N–H and O–H groups in total. The Kier molecular flexibility index (Phi) is 4.61. The Balaban J connectivity index is 1.71. The van der Waals surface area contributed by atoms with E-state index < -0.39 is 0 Å². The molecule has 5 nitrogen and oxygen atoms in total. The van der Waals surface area contributed by atoms with E-state index in [4.69, 9.17) is 0 Å². The first kappa shape index (κ1) is 15.8. The Morgan fingerprint density at radius 3 is 2.29 bits per heavy atom. The summed E-state index contributed by atoms with van der Waals surface area (Å²) in [6, 6.07) is 19.4. The predicted molar refractivity (Wildman–Crippen MR) is 95.3 cm³/mol. The summed E-state index contributed by atoms with van der Waals surface area (Å²) >= 11 is 0. The summed E-state index contributed by atoms with van der Waals surface area (Å²) < 4.78 is 1.84. The molecule has 0 saturated carbocycles. The lowest BCUT2D eigenvalue weighted by Crippen LogP contribution is -2.28. The van der Waals surface area contributed by atoms with Crippen molar-refractivity contribution in [3.63, 3.8) is 0 Å². The lowest BCUT2D eigenvalue weighted by atomic mass is 10.2. The molecule has 122 valence electrons. The number of amides is 2. The number of carbonyl (C=O) groups is 1. The molecule has 0 unspecified atom stereocenters. The van der Waals surface area contributed by atoms with Crippen LogP contribution in [0.1, 0.15) is 17.0 Å². The minimum Gasteiger partial charge on any atom is -0.334 e. The molecule has 24 heavy (non-hydrogen) atoms. The van der Waals surface area contributed by atoms with Crippen LogP contribution in [0.2, 0.25) is 0 Å². The molecule has 0 radical (unpaired) electrons.